The lowest BCUT2D eigenvalue weighted by molar-refractivity contribution is -0.0661. The maximum absolute atomic E-state index is 13.9. The molecule has 5 heterocycles. The Balaban J connectivity index is 1.12. The Labute approximate surface area is 226 Å². The summed E-state index contributed by atoms with van der Waals surface area (Å²) in [4.78, 5) is 39.9. The summed E-state index contributed by atoms with van der Waals surface area (Å²) in [6, 6.07) is 16.7. The highest BCUT2D eigenvalue weighted by Gasteiger charge is 2.31. The molecule has 2 amide bonds. The maximum atomic E-state index is 13.9. The number of pyridine rings is 1. The molecule has 3 fully saturated rings. The molecule has 8 nitrogen and oxygen atoms in total. The molecule has 2 aromatic heterocycles. The largest absolute Gasteiger partial charge is 0.378 e. The zero-order valence-electron chi connectivity index (χ0n) is 21.3. The summed E-state index contributed by atoms with van der Waals surface area (Å²) in [6.07, 6.45) is 2.83. The molecule has 0 bridgehead atoms. The summed E-state index contributed by atoms with van der Waals surface area (Å²) in [5.41, 5.74) is 3.45. The monoisotopic (exact) mass is 529 g/mol. The molecule has 3 aromatic rings. The summed E-state index contributed by atoms with van der Waals surface area (Å²) in [5, 5.41) is 3.10. The van der Waals surface area contributed by atoms with Gasteiger partial charge in [-0.15, -0.1) is 11.3 Å². The zero-order chi connectivity index (χ0) is 25.6. The van der Waals surface area contributed by atoms with Crippen molar-refractivity contribution in [2.45, 2.75) is 31.3 Å². The third-order valence-corrected chi connectivity index (χ3v) is 9.17. The number of nitrogens with zero attached hydrogens (tertiary/aromatic N) is 4. The molecule has 9 heteroatoms. The number of hydrogen-bond donors (Lipinski definition) is 1. The molecule has 1 aliphatic carbocycles. The lowest BCUT2D eigenvalue weighted by Gasteiger charge is -2.42. The first-order chi connectivity index (χ1) is 18.6. The maximum Gasteiger partial charge on any atom is 0.276 e. The van der Waals surface area contributed by atoms with Gasteiger partial charge < -0.3 is 19.9 Å². The van der Waals surface area contributed by atoms with Crippen molar-refractivity contribution in [3.8, 4) is 10.4 Å². The molecule has 7 rings (SSSR count). The third kappa shape index (κ3) is 4.48. The summed E-state index contributed by atoms with van der Waals surface area (Å²) < 4.78 is 5.35. The number of thiophene rings is 1. The number of piperazine rings is 1. The molecule has 2 saturated heterocycles. The Morgan fingerprint density at radius 2 is 1.79 bits per heavy atom. The third-order valence-electron chi connectivity index (χ3n) is 7.96. The van der Waals surface area contributed by atoms with Gasteiger partial charge in [-0.25, -0.2) is 4.98 Å². The Kier molecular flexibility index (Phi) is 6.14. The summed E-state index contributed by atoms with van der Waals surface area (Å²) >= 11 is 1.52. The molecule has 0 radical (unpaired) electrons. The summed E-state index contributed by atoms with van der Waals surface area (Å²) in [6.45, 7) is 5.96. The molecule has 38 heavy (non-hydrogen) atoms. The molecular weight excluding hydrogens is 498 g/mol. The number of carbonyl (C=O) groups excluding carboxylic acids is 2. The van der Waals surface area contributed by atoms with Crippen LogP contribution in [0.3, 0.4) is 0 Å². The normalized spacial score (nSPS) is 19.8. The van der Waals surface area contributed by atoms with Gasteiger partial charge in [0.15, 0.2) is 0 Å². The van der Waals surface area contributed by atoms with Crippen LogP contribution in [-0.4, -0.2) is 79.7 Å². The molecule has 4 aliphatic rings. The van der Waals surface area contributed by atoms with E-state index in [1.165, 1.54) is 11.3 Å². The van der Waals surface area contributed by atoms with Crippen molar-refractivity contribution in [2.75, 3.05) is 55.7 Å². The van der Waals surface area contributed by atoms with Crippen LogP contribution < -0.4 is 15.1 Å². The summed E-state index contributed by atoms with van der Waals surface area (Å²) in [5.74, 6) is 0.777. The smallest absolute Gasteiger partial charge is 0.276 e. The quantitative estimate of drug-likeness (QED) is 0.546. The fourth-order valence-corrected chi connectivity index (χ4v) is 6.66. The first kappa shape index (κ1) is 23.8. The van der Waals surface area contributed by atoms with Crippen LogP contribution in [0.5, 0.6) is 0 Å². The van der Waals surface area contributed by atoms with Crippen LogP contribution in [0.2, 0.25) is 0 Å². The lowest BCUT2D eigenvalue weighted by Crippen LogP contribution is -2.56. The van der Waals surface area contributed by atoms with Crippen LogP contribution >= 0.6 is 11.3 Å². The van der Waals surface area contributed by atoms with Gasteiger partial charge in [0.2, 0.25) is 0 Å². The van der Waals surface area contributed by atoms with Crippen LogP contribution in [0.25, 0.3) is 10.4 Å². The molecule has 1 aromatic carbocycles. The number of nitrogens with one attached hydrogen (secondary N) is 1. The molecular formula is C29H31N5O3S. The van der Waals surface area contributed by atoms with E-state index in [0.717, 1.165) is 84.6 Å². The Bertz CT molecular complexity index is 1370. The van der Waals surface area contributed by atoms with Crippen molar-refractivity contribution >= 4 is 34.7 Å². The van der Waals surface area contributed by atoms with Gasteiger partial charge in [-0.2, -0.15) is 0 Å². The first-order valence-corrected chi connectivity index (χ1v) is 14.3. The van der Waals surface area contributed by atoms with Crippen molar-refractivity contribution in [3.05, 3.63) is 64.7 Å². The number of carbonyl (C=O) groups is 2. The van der Waals surface area contributed by atoms with E-state index in [9.17, 15) is 9.59 Å². The highest BCUT2D eigenvalue weighted by molar-refractivity contribution is 7.17. The Hall–Kier alpha value is -3.27. The van der Waals surface area contributed by atoms with Crippen molar-refractivity contribution in [1.82, 2.24) is 15.2 Å². The molecule has 3 aliphatic heterocycles. The fourth-order valence-electron chi connectivity index (χ4n) is 5.51. The van der Waals surface area contributed by atoms with Crippen LogP contribution in [0, 0.1) is 0 Å². The Morgan fingerprint density at radius 3 is 2.55 bits per heavy atom. The van der Waals surface area contributed by atoms with E-state index < -0.39 is 0 Å². The predicted molar refractivity (Wildman–Crippen MR) is 148 cm³/mol. The average Bonchev–Trinajstić information content (AvgIpc) is 3.66. The first-order valence-electron chi connectivity index (χ1n) is 13.5. The van der Waals surface area contributed by atoms with Gasteiger partial charge in [-0.1, -0.05) is 24.3 Å². The van der Waals surface area contributed by atoms with E-state index in [1.807, 2.05) is 47.4 Å². The fraction of sp³-hybridized carbons (Fsp3) is 0.414. The van der Waals surface area contributed by atoms with E-state index in [-0.39, 0.29) is 11.8 Å². The van der Waals surface area contributed by atoms with E-state index in [4.69, 9.17) is 9.72 Å². The second-order valence-electron chi connectivity index (χ2n) is 10.5. The van der Waals surface area contributed by atoms with E-state index in [1.54, 1.807) is 0 Å². The molecule has 0 atom stereocenters. The minimum absolute atomic E-state index is 0.0128. The number of amides is 2. The highest BCUT2D eigenvalue weighted by Crippen LogP contribution is 2.42. The molecule has 196 valence electrons. The topological polar surface area (TPSA) is 78.0 Å². The van der Waals surface area contributed by atoms with Gasteiger partial charge in [0.05, 0.1) is 29.8 Å². The standard InChI is InChI=1S/C29H31N5O3S/c35-28(30-20-8-9-20)25-16-19-10-11-34(24-6-2-1-4-22(24)27(19)38-25)29(36)23-5-3-7-26(31-23)33-14-12-32(13-15-33)21-17-37-18-21/h1-7,16,20-21H,8-15,17-18H2,(H,30,35). The van der Waals surface area contributed by atoms with Gasteiger partial charge in [-0.3, -0.25) is 14.5 Å². The number of aromatic nitrogens is 1. The van der Waals surface area contributed by atoms with Crippen LogP contribution in [0.1, 0.15) is 38.6 Å². The van der Waals surface area contributed by atoms with Crippen molar-refractivity contribution in [3.63, 3.8) is 0 Å². The number of hydrogen-bond acceptors (Lipinski definition) is 7. The van der Waals surface area contributed by atoms with Crippen molar-refractivity contribution in [2.24, 2.45) is 0 Å². The SMILES string of the molecule is O=C(NC1CC1)c1cc2c(s1)-c1ccccc1N(C(=O)c1cccc(N3CCN(C4COC4)CC3)n1)CC2. The van der Waals surface area contributed by atoms with Crippen LogP contribution in [-0.2, 0) is 11.2 Å². The predicted octanol–water partition coefficient (Wildman–Crippen LogP) is 3.43. The Morgan fingerprint density at radius 1 is 0.974 bits per heavy atom. The van der Waals surface area contributed by atoms with Gasteiger partial charge in [0.25, 0.3) is 11.8 Å². The van der Waals surface area contributed by atoms with Crippen LogP contribution in [0.4, 0.5) is 11.5 Å². The highest BCUT2D eigenvalue weighted by atomic mass is 32.1. The van der Waals surface area contributed by atoms with Crippen molar-refractivity contribution in [1.29, 1.82) is 0 Å². The lowest BCUT2D eigenvalue weighted by atomic mass is 10.1. The van der Waals surface area contributed by atoms with E-state index >= 15 is 0 Å². The second kappa shape index (κ2) is 9.80. The minimum Gasteiger partial charge on any atom is -0.378 e. The minimum atomic E-state index is -0.0913. The van der Waals surface area contributed by atoms with Gasteiger partial charge in [-0.05, 0) is 49.1 Å². The number of fused-ring (bicyclic) bond motifs is 3. The summed E-state index contributed by atoms with van der Waals surface area (Å²) in [7, 11) is 0. The zero-order valence-corrected chi connectivity index (χ0v) is 22.1. The number of ether oxygens (including phenoxy) is 1. The number of rotatable bonds is 5. The molecule has 1 N–H and O–H groups in total. The van der Waals surface area contributed by atoms with Crippen LogP contribution in [0.15, 0.2) is 48.5 Å². The van der Waals surface area contributed by atoms with E-state index in [2.05, 4.69) is 21.2 Å². The van der Waals surface area contributed by atoms with E-state index in [0.29, 0.717) is 30.7 Å². The molecule has 0 unspecified atom stereocenters. The van der Waals surface area contributed by atoms with Crippen molar-refractivity contribution < 1.29 is 14.3 Å². The number of para-hydroxylation sites is 1. The van der Waals surface area contributed by atoms with Gasteiger partial charge >= 0.3 is 0 Å². The molecule has 0 spiro atoms. The number of benzene rings is 1. The van der Waals surface area contributed by atoms with Gasteiger partial charge in [0.1, 0.15) is 11.5 Å². The second-order valence-corrected chi connectivity index (χ2v) is 11.6. The average molecular weight is 530 g/mol. The number of anilines is 2. The molecule has 1 saturated carbocycles. The van der Waals surface area contributed by atoms with Gasteiger partial charge in [0, 0.05) is 49.2 Å².